The summed E-state index contributed by atoms with van der Waals surface area (Å²) in [5.41, 5.74) is 0.695. The van der Waals surface area contributed by atoms with Gasteiger partial charge in [-0.1, -0.05) is 139 Å². The van der Waals surface area contributed by atoms with E-state index in [1.807, 2.05) is 102 Å². The molecule has 0 bridgehead atoms. The monoisotopic (exact) mass is 972 g/mol. The molecule has 0 aromatic heterocycles. The largest absolute Gasteiger partial charge is 0.448 e. The summed E-state index contributed by atoms with van der Waals surface area (Å²) in [6, 6.07) is 15.8. The van der Waals surface area contributed by atoms with Gasteiger partial charge in [0.25, 0.3) is 0 Å². The third-order valence-electron chi connectivity index (χ3n) is 13.2. The number of rotatable bonds is 26. The SMILES string of the molecule is CC[C@H](C)[C@@H]([C@@H](CC(=O)N1CCC[C@H]1[C@H](OC)[C@@H](C)C(=O)N[C@H](C)[C@@H](O)c1ccccc1)OC)N(C)C(=O)[C@@H](NC(=O)[C@H](C(C)C)N(C)C(=O)OC[C@@H](SSc1ccccc1)C(C)C)C(C)C. The van der Waals surface area contributed by atoms with Gasteiger partial charge in [-0.05, 0) is 61.1 Å². The molecule has 0 saturated carbocycles. The predicted octanol–water partition coefficient (Wildman–Crippen LogP) is 7.84. The van der Waals surface area contributed by atoms with Crippen LogP contribution in [-0.2, 0) is 33.4 Å². The molecule has 0 spiro atoms. The van der Waals surface area contributed by atoms with Gasteiger partial charge in [0.2, 0.25) is 23.6 Å². The van der Waals surface area contributed by atoms with E-state index in [1.165, 1.54) is 12.0 Å². The number of nitrogens with one attached hydrogen (secondary N) is 2. The van der Waals surface area contributed by atoms with Crippen molar-refractivity contribution in [1.82, 2.24) is 25.3 Å². The van der Waals surface area contributed by atoms with Crippen molar-refractivity contribution in [1.29, 1.82) is 0 Å². The number of hydrogen-bond acceptors (Lipinski definition) is 11. The van der Waals surface area contributed by atoms with E-state index in [2.05, 4.69) is 24.5 Å². The standard InChI is InChI=1S/C51H81N5O9S2/c1-15-34(8)45(40(63-13)29-42(57)56-28-22-27-39(56)47(64-14)35(9)48(59)52-36(10)46(58)37-23-18-16-19-24-37)54(11)50(61)43(32(4)5)53-49(60)44(33(6)7)55(12)51(62)65-30-41(31(2)3)67-66-38-25-20-17-21-26-38/h16-21,23-26,31-36,39-41,43-47,58H,15,22,27-30H2,1-14H3,(H,52,59)(H,53,60)/t34-,35+,36+,39-,40+,41+,43-,44-,45-,46+,47+/m0/s1. The van der Waals surface area contributed by atoms with Crippen LogP contribution in [0, 0.1) is 29.6 Å². The summed E-state index contributed by atoms with van der Waals surface area (Å²) in [6.45, 7) is 19.8. The molecule has 1 saturated heterocycles. The minimum absolute atomic E-state index is 0.00846. The highest BCUT2D eigenvalue weighted by Crippen LogP contribution is 2.37. The molecule has 16 heteroatoms. The Hall–Kier alpha value is -3.83. The second kappa shape index (κ2) is 28.0. The second-order valence-corrected chi connectivity index (χ2v) is 21.6. The number of benzene rings is 2. The fourth-order valence-corrected chi connectivity index (χ4v) is 11.6. The fourth-order valence-electron chi connectivity index (χ4n) is 8.87. The molecular formula is C51H81N5O9S2. The molecule has 0 aliphatic carbocycles. The van der Waals surface area contributed by atoms with Gasteiger partial charge in [-0.3, -0.25) is 24.1 Å². The molecule has 67 heavy (non-hydrogen) atoms. The summed E-state index contributed by atoms with van der Waals surface area (Å²) in [7, 11) is 9.60. The van der Waals surface area contributed by atoms with Gasteiger partial charge in [-0.2, -0.15) is 0 Å². The number of ether oxygens (including phenoxy) is 3. The number of aliphatic hydroxyl groups excluding tert-OH is 1. The Labute approximate surface area is 409 Å². The first-order valence-electron chi connectivity index (χ1n) is 23.9. The fraction of sp³-hybridized carbons (Fsp3) is 0.667. The molecule has 11 atom stereocenters. The summed E-state index contributed by atoms with van der Waals surface area (Å²) in [4.78, 5) is 76.2. The van der Waals surface area contributed by atoms with Crippen LogP contribution >= 0.6 is 21.6 Å². The average Bonchev–Trinajstić information content (AvgIpc) is 3.79. The molecule has 2 aromatic rings. The van der Waals surface area contributed by atoms with Gasteiger partial charge in [-0.15, -0.1) is 0 Å². The van der Waals surface area contributed by atoms with E-state index >= 15 is 0 Å². The van der Waals surface area contributed by atoms with Crippen molar-refractivity contribution in [2.24, 2.45) is 29.6 Å². The molecule has 14 nitrogen and oxygen atoms in total. The Morgan fingerprint density at radius 3 is 1.96 bits per heavy atom. The van der Waals surface area contributed by atoms with Crippen LogP contribution in [0.2, 0.25) is 0 Å². The minimum atomic E-state index is -0.950. The van der Waals surface area contributed by atoms with Gasteiger partial charge >= 0.3 is 6.09 Å². The van der Waals surface area contributed by atoms with E-state index in [9.17, 15) is 29.1 Å². The maximum Gasteiger partial charge on any atom is 0.410 e. The normalized spacial score (nSPS) is 18.5. The van der Waals surface area contributed by atoms with Gasteiger partial charge in [0, 0.05) is 39.8 Å². The van der Waals surface area contributed by atoms with Crippen molar-refractivity contribution in [3.05, 3.63) is 66.2 Å². The molecule has 3 N–H and O–H groups in total. The summed E-state index contributed by atoms with van der Waals surface area (Å²) in [6.07, 6.45) is -0.826. The number of nitrogens with zero attached hydrogens (tertiary/aromatic N) is 3. The quantitative estimate of drug-likeness (QED) is 0.0787. The minimum Gasteiger partial charge on any atom is -0.448 e. The molecule has 0 unspecified atom stereocenters. The van der Waals surface area contributed by atoms with Gasteiger partial charge in [0.15, 0.2) is 0 Å². The zero-order valence-corrected chi connectivity index (χ0v) is 44.1. The van der Waals surface area contributed by atoms with Crippen molar-refractivity contribution >= 4 is 51.3 Å². The van der Waals surface area contributed by atoms with E-state index in [1.54, 1.807) is 66.4 Å². The third-order valence-corrected chi connectivity index (χ3v) is 16.3. The molecule has 1 heterocycles. The van der Waals surface area contributed by atoms with Crippen LogP contribution in [0.5, 0.6) is 0 Å². The number of aliphatic hydroxyl groups is 1. The number of likely N-dealkylation sites (tertiary alicyclic amines) is 1. The zero-order chi connectivity index (χ0) is 50.1. The first kappa shape index (κ1) is 57.5. The summed E-state index contributed by atoms with van der Waals surface area (Å²) < 4.78 is 17.8. The molecule has 2 aromatic carbocycles. The van der Waals surface area contributed by atoms with Crippen LogP contribution in [0.3, 0.4) is 0 Å². The lowest BCUT2D eigenvalue weighted by Gasteiger charge is -2.41. The molecule has 1 fully saturated rings. The molecule has 376 valence electrons. The smallest absolute Gasteiger partial charge is 0.410 e. The number of carbonyl (C=O) groups is 5. The van der Waals surface area contributed by atoms with Gasteiger partial charge in [0.1, 0.15) is 18.7 Å². The lowest BCUT2D eigenvalue weighted by Crippen LogP contribution is -2.60. The van der Waals surface area contributed by atoms with Gasteiger partial charge in [0.05, 0.1) is 54.0 Å². The Balaban J connectivity index is 1.74. The molecule has 1 aliphatic heterocycles. The number of likely N-dealkylation sites (N-methyl/N-ethyl adjacent to an activating group) is 2. The topological polar surface area (TPSA) is 167 Å². The number of amides is 5. The van der Waals surface area contributed by atoms with Crippen molar-refractivity contribution in [2.75, 3.05) is 41.5 Å². The van der Waals surface area contributed by atoms with Gasteiger partial charge < -0.3 is 39.8 Å². The van der Waals surface area contributed by atoms with E-state index in [-0.39, 0.29) is 65.7 Å². The molecule has 5 amide bonds. The second-order valence-electron chi connectivity index (χ2n) is 19.1. The number of hydrogen-bond donors (Lipinski definition) is 3. The summed E-state index contributed by atoms with van der Waals surface area (Å²) in [5, 5.41) is 16.9. The van der Waals surface area contributed by atoms with E-state index in [4.69, 9.17) is 14.2 Å². The van der Waals surface area contributed by atoms with E-state index in [0.717, 1.165) is 11.3 Å². The Morgan fingerprint density at radius 2 is 1.42 bits per heavy atom. The number of carbonyl (C=O) groups excluding carboxylic acids is 5. The highest BCUT2D eigenvalue weighted by Gasteiger charge is 2.44. The van der Waals surface area contributed by atoms with Crippen LogP contribution in [0.4, 0.5) is 4.79 Å². The van der Waals surface area contributed by atoms with E-state index in [0.29, 0.717) is 24.9 Å². The molecule has 1 aliphatic rings. The lowest BCUT2D eigenvalue weighted by molar-refractivity contribution is -0.148. The first-order chi connectivity index (χ1) is 31.7. The molecule has 0 radical (unpaired) electrons. The third kappa shape index (κ3) is 16.1. The van der Waals surface area contributed by atoms with Crippen LogP contribution < -0.4 is 10.6 Å². The van der Waals surface area contributed by atoms with Crippen LogP contribution in [0.15, 0.2) is 65.6 Å². The average molecular weight is 972 g/mol. The Bertz CT molecular complexity index is 1840. The zero-order valence-electron chi connectivity index (χ0n) is 42.5. The first-order valence-corrected chi connectivity index (χ1v) is 26.1. The maximum absolute atomic E-state index is 14.6. The summed E-state index contributed by atoms with van der Waals surface area (Å²) in [5.74, 6) is -2.43. The van der Waals surface area contributed by atoms with Gasteiger partial charge in [-0.25, -0.2) is 4.79 Å². The lowest BCUT2D eigenvalue weighted by atomic mass is 9.89. The Kier molecular flexibility index (Phi) is 24.0. The maximum atomic E-state index is 14.6. The molecular weight excluding hydrogens is 891 g/mol. The van der Waals surface area contributed by atoms with Crippen molar-refractivity contribution in [3.63, 3.8) is 0 Å². The number of methoxy groups -OCH3 is 2. The van der Waals surface area contributed by atoms with Crippen molar-refractivity contribution in [2.45, 2.75) is 154 Å². The van der Waals surface area contributed by atoms with E-state index < -0.39 is 60.4 Å². The molecule has 3 rings (SSSR count). The van der Waals surface area contributed by atoms with Crippen LogP contribution in [-0.4, -0.2) is 139 Å². The highest BCUT2D eigenvalue weighted by atomic mass is 33.1. The van der Waals surface area contributed by atoms with Crippen molar-refractivity contribution in [3.8, 4) is 0 Å². The Morgan fingerprint density at radius 1 is 0.806 bits per heavy atom. The summed E-state index contributed by atoms with van der Waals surface area (Å²) >= 11 is 0. The van der Waals surface area contributed by atoms with Crippen LogP contribution in [0.1, 0.15) is 107 Å². The van der Waals surface area contributed by atoms with Crippen molar-refractivity contribution < 1.29 is 43.3 Å². The highest BCUT2D eigenvalue weighted by molar-refractivity contribution is 8.77. The predicted molar refractivity (Wildman–Crippen MR) is 268 cm³/mol. The van der Waals surface area contributed by atoms with Crippen LogP contribution in [0.25, 0.3) is 0 Å².